The van der Waals surface area contributed by atoms with Gasteiger partial charge in [-0.1, -0.05) is 29.5 Å². The molecule has 0 N–H and O–H groups in total. The fraction of sp³-hybridized carbons (Fsp3) is 0. The number of nitrogens with zero attached hydrogens (tertiary/aromatic N) is 4. The van der Waals surface area contributed by atoms with Crippen LogP contribution in [0.4, 0.5) is 5.69 Å². The van der Waals surface area contributed by atoms with Gasteiger partial charge in [0.05, 0.1) is 11.1 Å². The van der Waals surface area contributed by atoms with Gasteiger partial charge in [0.1, 0.15) is 11.4 Å². The zero-order valence-corrected chi connectivity index (χ0v) is 13.2. The van der Waals surface area contributed by atoms with Crippen molar-refractivity contribution in [2.45, 2.75) is 0 Å². The highest BCUT2D eigenvalue weighted by Gasteiger charge is 2.27. The summed E-state index contributed by atoms with van der Waals surface area (Å²) in [4.78, 5) is 35.1. The molecule has 0 unspecified atom stereocenters. The Morgan fingerprint density at radius 3 is 2.35 bits per heavy atom. The molecule has 26 heavy (non-hydrogen) atoms. The van der Waals surface area contributed by atoms with Crippen molar-refractivity contribution >= 4 is 23.0 Å². The van der Waals surface area contributed by atoms with E-state index in [0.717, 1.165) is 0 Å². The average molecular weight is 346 g/mol. The number of hydrogen-bond donors (Lipinski definition) is 0. The summed E-state index contributed by atoms with van der Waals surface area (Å²) >= 11 is 0. The van der Waals surface area contributed by atoms with Crippen LogP contribution in [0.15, 0.2) is 60.8 Å². The van der Waals surface area contributed by atoms with Crippen LogP contribution in [-0.4, -0.2) is 31.5 Å². The van der Waals surface area contributed by atoms with Gasteiger partial charge in [-0.2, -0.15) is 0 Å². The van der Waals surface area contributed by atoms with Crippen molar-refractivity contribution in [3.63, 3.8) is 0 Å². The van der Waals surface area contributed by atoms with Gasteiger partial charge in [-0.05, 0) is 12.1 Å². The van der Waals surface area contributed by atoms with E-state index in [0.29, 0.717) is 22.4 Å². The molecular formula is C18H10N4O4. The number of Topliss-reactive ketones (excluding diaryl/α,β-unsaturated/α-hetero) is 1. The van der Waals surface area contributed by atoms with E-state index in [-0.39, 0.29) is 23.0 Å². The zero-order chi connectivity index (χ0) is 18.3. The molecule has 2 aromatic carbocycles. The fourth-order valence-corrected chi connectivity index (χ4v) is 2.74. The van der Waals surface area contributed by atoms with Crippen molar-refractivity contribution in [3.05, 3.63) is 82.0 Å². The Morgan fingerprint density at radius 2 is 1.65 bits per heavy atom. The van der Waals surface area contributed by atoms with Crippen molar-refractivity contribution in [1.29, 1.82) is 0 Å². The Labute approximate surface area is 146 Å². The summed E-state index contributed by atoms with van der Waals surface area (Å²) in [5.41, 5.74) is 1.79. The second-order valence-electron chi connectivity index (χ2n) is 5.62. The van der Waals surface area contributed by atoms with Crippen molar-refractivity contribution in [2.24, 2.45) is 0 Å². The lowest BCUT2D eigenvalue weighted by Gasteiger charge is -2.13. The number of nitro groups is 1. The third-order valence-corrected chi connectivity index (χ3v) is 4.05. The molecular weight excluding hydrogens is 336 g/mol. The number of fused-ring (bicyclic) bond motifs is 1. The van der Waals surface area contributed by atoms with Crippen molar-refractivity contribution in [2.75, 3.05) is 0 Å². The number of ketones is 2. The second kappa shape index (κ2) is 5.85. The number of rotatable bonds is 3. The van der Waals surface area contributed by atoms with Crippen LogP contribution in [0.1, 0.15) is 20.7 Å². The third-order valence-electron chi connectivity index (χ3n) is 4.05. The number of nitro benzene ring substituents is 1. The van der Waals surface area contributed by atoms with Gasteiger partial charge >= 0.3 is 0 Å². The van der Waals surface area contributed by atoms with E-state index < -0.39 is 4.92 Å². The maximum atomic E-state index is 12.6. The van der Waals surface area contributed by atoms with Gasteiger partial charge in [0, 0.05) is 34.9 Å². The van der Waals surface area contributed by atoms with Crippen LogP contribution in [0.5, 0.6) is 0 Å². The van der Waals surface area contributed by atoms with Crippen LogP contribution in [0, 0.1) is 10.1 Å². The molecule has 0 spiro atoms. The first-order valence-electron chi connectivity index (χ1n) is 7.62. The molecule has 0 amide bonds. The summed E-state index contributed by atoms with van der Waals surface area (Å²) in [6, 6.07) is 12.4. The molecule has 1 aromatic heterocycles. The molecule has 1 aliphatic carbocycles. The van der Waals surface area contributed by atoms with Gasteiger partial charge in [-0.25, -0.2) is 4.68 Å². The first-order chi connectivity index (χ1) is 12.5. The molecule has 0 atom stereocenters. The molecule has 0 aliphatic heterocycles. The number of carbonyl (C=O) groups excluding carboxylic acids is 2. The summed E-state index contributed by atoms with van der Waals surface area (Å²) in [5.74, 6) is -0.595. The minimum absolute atomic E-state index is 0.0338. The maximum Gasteiger partial charge on any atom is 0.269 e. The Morgan fingerprint density at radius 1 is 0.962 bits per heavy atom. The van der Waals surface area contributed by atoms with Crippen molar-refractivity contribution < 1.29 is 14.5 Å². The molecule has 4 rings (SSSR count). The monoisotopic (exact) mass is 346 g/mol. The highest BCUT2D eigenvalue weighted by atomic mass is 16.6. The van der Waals surface area contributed by atoms with Crippen LogP contribution in [-0.2, 0) is 0 Å². The largest absolute Gasteiger partial charge is 0.289 e. The van der Waals surface area contributed by atoms with E-state index in [9.17, 15) is 19.7 Å². The van der Waals surface area contributed by atoms with Crippen LogP contribution in [0.3, 0.4) is 0 Å². The molecule has 0 saturated heterocycles. The Balaban J connectivity index is 1.69. The SMILES string of the molecule is O=C1C=C(n2cc(-c3ccc([N+](=O)[O-])cc3)nn2)C(=O)c2ccccc21. The smallest absolute Gasteiger partial charge is 0.269 e. The fourth-order valence-electron chi connectivity index (χ4n) is 2.74. The van der Waals surface area contributed by atoms with Gasteiger partial charge in [0.2, 0.25) is 5.78 Å². The third kappa shape index (κ3) is 2.49. The first-order valence-corrected chi connectivity index (χ1v) is 7.62. The van der Waals surface area contributed by atoms with Gasteiger partial charge in [0.15, 0.2) is 5.78 Å². The number of benzene rings is 2. The molecule has 0 fully saturated rings. The Bertz CT molecular complexity index is 1100. The quantitative estimate of drug-likeness (QED) is 0.533. The lowest BCUT2D eigenvalue weighted by molar-refractivity contribution is -0.384. The molecule has 1 heterocycles. The van der Waals surface area contributed by atoms with Gasteiger partial charge in [-0.15, -0.1) is 5.10 Å². The molecule has 0 saturated carbocycles. The van der Waals surface area contributed by atoms with Crippen molar-refractivity contribution in [3.8, 4) is 11.3 Å². The van der Waals surface area contributed by atoms with E-state index in [2.05, 4.69) is 10.3 Å². The number of non-ortho nitro benzene ring substituents is 1. The zero-order valence-electron chi connectivity index (χ0n) is 13.2. The van der Waals surface area contributed by atoms with E-state index in [4.69, 9.17) is 0 Å². The summed E-state index contributed by atoms with van der Waals surface area (Å²) in [7, 11) is 0. The van der Waals surface area contributed by atoms with Gasteiger partial charge in [-0.3, -0.25) is 19.7 Å². The number of aromatic nitrogens is 3. The highest BCUT2D eigenvalue weighted by Crippen LogP contribution is 2.25. The molecule has 1 aliphatic rings. The molecule has 8 heteroatoms. The summed E-state index contributed by atoms with van der Waals surface area (Å²) in [6.07, 6.45) is 2.74. The second-order valence-corrected chi connectivity index (χ2v) is 5.62. The number of allylic oxidation sites excluding steroid dienone is 2. The van der Waals surface area contributed by atoms with Crippen LogP contribution < -0.4 is 0 Å². The first kappa shape index (κ1) is 15.6. The van der Waals surface area contributed by atoms with E-state index >= 15 is 0 Å². The molecule has 3 aromatic rings. The predicted octanol–water partition coefficient (Wildman–Crippen LogP) is 2.77. The minimum Gasteiger partial charge on any atom is -0.289 e. The number of hydrogen-bond acceptors (Lipinski definition) is 6. The molecule has 126 valence electrons. The number of carbonyl (C=O) groups is 2. The Hall–Kier alpha value is -3.94. The lowest BCUT2D eigenvalue weighted by Crippen LogP contribution is -2.19. The van der Waals surface area contributed by atoms with Crippen molar-refractivity contribution in [1.82, 2.24) is 15.0 Å². The summed E-state index contributed by atoms with van der Waals surface area (Å²) in [6.45, 7) is 0. The molecule has 0 radical (unpaired) electrons. The minimum atomic E-state index is -0.491. The predicted molar refractivity (Wildman–Crippen MR) is 91.5 cm³/mol. The molecule has 8 nitrogen and oxygen atoms in total. The van der Waals surface area contributed by atoms with Crippen LogP contribution in [0.2, 0.25) is 0 Å². The van der Waals surface area contributed by atoms with E-state index in [1.54, 1.807) is 36.4 Å². The standard InChI is InChI=1S/C18H10N4O4/c23-17-9-16(18(24)14-4-2-1-3-13(14)17)21-10-15(19-20-21)11-5-7-12(8-6-11)22(25)26/h1-10H. The topological polar surface area (TPSA) is 108 Å². The summed E-state index contributed by atoms with van der Waals surface area (Å²) in [5, 5.41) is 18.6. The van der Waals surface area contributed by atoms with E-state index in [1.165, 1.54) is 29.1 Å². The maximum absolute atomic E-state index is 12.6. The van der Waals surface area contributed by atoms with E-state index in [1.807, 2.05) is 0 Å². The van der Waals surface area contributed by atoms with Crippen LogP contribution >= 0.6 is 0 Å². The normalized spacial score (nSPS) is 13.3. The Kier molecular flexibility index (Phi) is 3.51. The highest BCUT2D eigenvalue weighted by molar-refractivity contribution is 6.35. The van der Waals surface area contributed by atoms with Gasteiger partial charge in [0.25, 0.3) is 5.69 Å². The molecule has 0 bridgehead atoms. The average Bonchev–Trinajstić information content (AvgIpc) is 3.15. The lowest BCUT2D eigenvalue weighted by atomic mass is 9.93. The van der Waals surface area contributed by atoms with Crippen LogP contribution in [0.25, 0.3) is 17.0 Å². The van der Waals surface area contributed by atoms with Gasteiger partial charge < -0.3 is 0 Å². The summed E-state index contributed by atoms with van der Waals surface area (Å²) < 4.78 is 1.24.